The first-order valence-electron chi connectivity index (χ1n) is 11.2. The highest BCUT2D eigenvalue weighted by Gasteiger charge is 2.37. The van der Waals surface area contributed by atoms with E-state index in [0.29, 0.717) is 19.0 Å². The van der Waals surface area contributed by atoms with E-state index in [0.717, 1.165) is 44.9 Å². The van der Waals surface area contributed by atoms with Crippen LogP contribution in [0.25, 0.3) is 0 Å². The van der Waals surface area contributed by atoms with E-state index in [9.17, 15) is 0 Å². The van der Waals surface area contributed by atoms with Gasteiger partial charge < -0.3 is 21.3 Å². The molecule has 2 atom stereocenters. The number of hydrogen-bond donors (Lipinski definition) is 3. The van der Waals surface area contributed by atoms with Gasteiger partial charge in [0.15, 0.2) is 0 Å². The van der Waals surface area contributed by atoms with E-state index in [2.05, 4.69) is 67.2 Å². The number of aliphatic hydroxyl groups excluding tert-OH is 1. The Balaban J connectivity index is 0.000000155. The molecule has 0 radical (unpaired) electrons. The third-order valence-electron chi connectivity index (χ3n) is 6.98. The Hall–Kier alpha value is -1.41. The average molecular weight is 565 g/mol. The second-order valence-electron chi connectivity index (χ2n) is 9.22. The molecule has 2 unspecified atom stereocenters. The van der Waals surface area contributed by atoms with Crippen molar-refractivity contribution in [2.75, 3.05) is 13.2 Å². The van der Waals surface area contributed by atoms with Crippen LogP contribution in [0, 0.1) is 0 Å². The van der Waals surface area contributed by atoms with Crippen LogP contribution >= 0.6 is 31.9 Å². The van der Waals surface area contributed by atoms with E-state index in [-0.39, 0.29) is 17.7 Å². The number of hydrogen-bond acceptors (Lipinski definition) is 5. The lowest BCUT2D eigenvalue weighted by atomic mass is 9.76. The number of nitrogens with two attached hydrogens (primary N) is 2. The van der Waals surface area contributed by atoms with E-state index in [1.54, 1.807) is 0 Å². The summed E-state index contributed by atoms with van der Waals surface area (Å²) in [5.74, 6) is 0. The number of aliphatic hydroxyl groups is 1. The molecule has 0 amide bonds. The predicted octanol–water partition coefficient (Wildman–Crippen LogP) is 4.43. The number of fused-ring (bicyclic) bond motifs is 2. The second kappa shape index (κ2) is 9.84. The standard InChI is InChI=1S/C13H15BrN2O.C12H16BrNO/c14-11-3-1-2-9-8-13(5-4-10(9)11)6-7-17-12(15)16-13;13-11-3-1-2-9-8-12(14,6-7-15)5-4-10(9)11/h1-3H,4-8H2,(H2,15,16);1-3,15H,4-8,14H2. The second-order valence-corrected chi connectivity index (χ2v) is 10.9. The predicted molar refractivity (Wildman–Crippen MR) is 136 cm³/mol. The summed E-state index contributed by atoms with van der Waals surface area (Å²) in [4.78, 5) is 4.56. The highest BCUT2D eigenvalue weighted by atomic mass is 79.9. The van der Waals surface area contributed by atoms with Gasteiger partial charge in [0.25, 0.3) is 6.02 Å². The van der Waals surface area contributed by atoms with Gasteiger partial charge in [-0.2, -0.15) is 0 Å². The maximum absolute atomic E-state index is 9.00. The minimum atomic E-state index is -0.206. The summed E-state index contributed by atoms with van der Waals surface area (Å²) >= 11 is 7.19. The highest BCUT2D eigenvalue weighted by Crippen LogP contribution is 2.38. The first kappa shape index (κ1) is 23.7. The molecule has 2 aliphatic carbocycles. The van der Waals surface area contributed by atoms with Gasteiger partial charge in [0, 0.05) is 27.5 Å². The van der Waals surface area contributed by atoms with Gasteiger partial charge in [0.05, 0.1) is 12.1 Å². The molecular formula is C25H31Br2N3O2. The number of amidine groups is 1. The summed E-state index contributed by atoms with van der Waals surface area (Å²) in [6, 6.07) is 13.0. The van der Waals surface area contributed by atoms with Gasteiger partial charge in [-0.3, -0.25) is 0 Å². The molecule has 5 nitrogen and oxygen atoms in total. The molecule has 3 aliphatic rings. The molecule has 5 rings (SSSR count). The minimum absolute atomic E-state index is 0.0177. The fraction of sp³-hybridized carbons (Fsp3) is 0.480. The van der Waals surface area contributed by atoms with Gasteiger partial charge in [-0.1, -0.05) is 56.1 Å². The lowest BCUT2D eigenvalue weighted by Crippen LogP contribution is -2.45. The summed E-state index contributed by atoms with van der Waals surface area (Å²) in [6.07, 6.45) is 7.61. The van der Waals surface area contributed by atoms with Gasteiger partial charge in [-0.05, 0) is 79.3 Å². The molecule has 1 heterocycles. The number of halogens is 2. The Morgan fingerprint density at radius 1 is 0.938 bits per heavy atom. The summed E-state index contributed by atoms with van der Waals surface area (Å²) < 4.78 is 7.64. The number of ether oxygens (including phenoxy) is 1. The van der Waals surface area contributed by atoms with Gasteiger partial charge in [-0.25, -0.2) is 4.99 Å². The Morgan fingerprint density at radius 2 is 1.56 bits per heavy atom. The summed E-state index contributed by atoms with van der Waals surface area (Å²) in [6.45, 7) is 0.874. The Morgan fingerprint density at radius 3 is 2.19 bits per heavy atom. The number of rotatable bonds is 2. The van der Waals surface area contributed by atoms with E-state index in [4.69, 9.17) is 21.3 Å². The molecule has 0 bridgehead atoms. The number of aliphatic imine (C=N–C) groups is 1. The van der Waals surface area contributed by atoms with Crippen molar-refractivity contribution < 1.29 is 9.84 Å². The molecule has 32 heavy (non-hydrogen) atoms. The monoisotopic (exact) mass is 563 g/mol. The first-order valence-corrected chi connectivity index (χ1v) is 12.8. The molecule has 5 N–H and O–H groups in total. The molecule has 1 spiro atoms. The van der Waals surface area contributed by atoms with Crippen LogP contribution in [0.4, 0.5) is 0 Å². The molecule has 0 aromatic heterocycles. The third kappa shape index (κ3) is 5.22. The average Bonchev–Trinajstić information content (AvgIpc) is 2.74. The smallest absolute Gasteiger partial charge is 0.282 e. The SMILES string of the molecule is NC1(CCO)CCc2c(Br)cccc2C1.NC1=NC2(CCO1)CCc1c(Br)cccc1C2. The fourth-order valence-electron chi connectivity index (χ4n) is 5.15. The zero-order valence-electron chi connectivity index (χ0n) is 18.2. The molecule has 0 saturated heterocycles. The molecule has 1 aliphatic heterocycles. The molecule has 0 fully saturated rings. The van der Waals surface area contributed by atoms with E-state index < -0.39 is 0 Å². The maximum atomic E-state index is 9.00. The summed E-state index contributed by atoms with van der Waals surface area (Å²) in [5, 5.41) is 9.00. The van der Waals surface area contributed by atoms with Crippen molar-refractivity contribution in [1.29, 1.82) is 0 Å². The zero-order valence-corrected chi connectivity index (χ0v) is 21.4. The molecule has 0 saturated carbocycles. The van der Waals surface area contributed by atoms with E-state index in [1.807, 2.05) is 6.07 Å². The van der Waals surface area contributed by atoms with Crippen molar-refractivity contribution in [3.05, 3.63) is 67.6 Å². The van der Waals surface area contributed by atoms with Crippen molar-refractivity contribution in [2.45, 2.75) is 62.4 Å². The molecule has 7 heteroatoms. The van der Waals surface area contributed by atoms with Crippen molar-refractivity contribution in [3.8, 4) is 0 Å². The Bertz CT molecular complexity index is 1010. The van der Waals surface area contributed by atoms with Crippen LogP contribution in [0.2, 0.25) is 0 Å². The van der Waals surface area contributed by atoms with Crippen molar-refractivity contribution in [3.63, 3.8) is 0 Å². The highest BCUT2D eigenvalue weighted by molar-refractivity contribution is 9.10. The largest absolute Gasteiger partial charge is 0.465 e. The summed E-state index contributed by atoms with van der Waals surface area (Å²) in [5.41, 5.74) is 17.3. The van der Waals surface area contributed by atoms with Crippen LogP contribution in [-0.4, -0.2) is 35.4 Å². The van der Waals surface area contributed by atoms with Gasteiger partial charge in [0.1, 0.15) is 0 Å². The fourth-order valence-corrected chi connectivity index (χ4v) is 6.36. The molecule has 172 valence electrons. The number of nitrogens with zero attached hydrogens (tertiary/aromatic N) is 1. The number of benzene rings is 2. The zero-order chi connectivity index (χ0) is 22.8. The van der Waals surface area contributed by atoms with Crippen LogP contribution < -0.4 is 11.5 Å². The van der Waals surface area contributed by atoms with Crippen molar-refractivity contribution in [1.82, 2.24) is 0 Å². The van der Waals surface area contributed by atoms with E-state index >= 15 is 0 Å². The Kier molecular flexibility index (Phi) is 7.30. The summed E-state index contributed by atoms with van der Waals surface area (Å²) in [7, 11) is 0. The van der Waals surface area contributed by atoms with Crippen molar-refractivity contribution >= 4 is 37.9 Å². The molecular weight excluding hydrogens is 534 g/mol. The van der Waals surface area contributed by atoms with Crippen LogP contribution in [0.1, 0.15) is 47.9 Å². The Labute approximate surface area is 206 Å². The van der Waals surface area contributed by atoms with Crippen LogP contribution in [0.3, 0.4) is 0 Å². The van der Waals surface area contributed by atoms with Crippen molar-refractivity contribution in [2.24, 2.45) is 16.5 Å². The normalized spacial score (nSPS) is 26.2. The third-order valence-corrected chi connectivity index (χ3v) is 8.47. The lowest BCUT2D eigenvalue weighted by molar-refractivity contribution is 0.195. The van der Waals surface area contributed by atoms with Gasteiger partial charge >= 0.3 is 0 Å². The van der Waals surface area contributed by atoms with Crippen LogP contribution in [0.15, 0.2) is 50.3 Å². The van der Waals surface area contributed by atoms with Crippen LogP contribution in [-0.2, 0) is 30.4 Å². The quantitative estimate of drug-likeness (QED) is 0.503. The first-order chi connectivity index (χ1) is 15.3. The maximum Gasteiger partial charge on any atom is 0.282 e. The topological polar surface area (TPSA) is 93.9 Å². The lowest BCUT2D eigenvalue weighted by Gasteiger charge is -2.37. The van der Waals surface area contributed by atoms with Gasteiger partial charge in [0.2, 0.25) is 0 Å². The minimum Gasteiger partial charge on any atom is -0.465 e. The molecule has 2 aromatic rings. The molecule has 2 aromatic carbocycles. The van der Waals surface area contributed by atoms with Crippen LogP contribution in [0.5, 0.6) is 0 Å². The van der Waals surface area contributed by atoms with E-state index in [1.165, 1.54) is 31.2 Å². The van der Waals surface area contributed by atoms with Gasteiger partial charge in [-0.15, -0.1) is 0 Å².